The molecule has 0 aliphatic carbocycles. The third-order valence-electron chi connectivity index (χ3n) is 1.93. The Morgan fingerprint density at radius 3 is 3.06 bits per heavy atom. The Hall–Kier alpha value is -1.47. The average molecular weight is 331 g/mol. The molecule has 1 aromatic carbocycles. The van der Waals surface area contributed by atoms with E-state index in [2.05, 4.69) is 26.2 Å². The van der Waals surface area contributed by atoms with Crippen molar-refractivity contribution in [2.45, 2.75) is 0 Å². The van der Waals surface area contributed by atoms with Crippen molar-refractivity contribution in [1.82, 2.24) is 4.98 Å². The average Bonchev–Trinajstić information content (AvgIpc) is 2.80. The predicted octanol–water partition coefficient (Wildman–Crippen LogP) is 3.06. The number of halogens is 2. The number of ether oxygens (including phenoxy) is 1. The molecule has 0 bridgehead atoms. The number of rotatable bonds is 4. The molecule has 0 radical (unpaired) electrons. The van der Waals surface area contributed by atoms with E-state index >= 15 is 0 Å². The van der Waals surface area contributed by atoms with Crippen LogP contribution in [0.25, 0.3) is 0 Å². The molecule has 0 saturated carbocycles. The van der Waals surface area contributed by atoms with E-state index in [0.29, 0.717) is 9.60 Å². The minimum absolute atomic E-state index is 0.0347. The summed E-state index contributed by atoms with van der Waals surface area (Å²) in [5.74, 6) is -0.869. The summed E-state index contributed by atoms with van der Waals surface area (Å²) in [6.07, 6.45) is 1.58. The molecule has 0 aliphatic rings. The van der Waals surface area contributed by atoms with E-state index in [1.54, 1.807) is 17.6 Å². The second-order valence-corrected chi connectivity index (χ2v) is 5.06. The Kier molecular flexibility index (Phi) is 4.27. The van der Waals surface area contributed by atoms with Gasteiger partial charge >= 0.3 is 0 Å². The van der Waals surface area contributed by atoms with Gasteiger partial charge in [0.25, 0.3) is 5.91 Å². The number of nitrogens with one attached hydrogen (secondary N) is 1. The van der Waals surface area contributed by atoms with Gasteiger partial charge in [-0.25, -0.2) is 9.37 Å². The van der Waals surface area contributed by atoms with Gasteiger partial charge in [-0.15, -0.1) is 11.3 Å². The molecule has 0 unspecified atom stereocenters. The van der Waals surface area contributed by atoms with Crippen LogP contribution >= 0.6 is 27.3 Å². The Morgan fingerprint density at radius 1 is 1.56 bits per heavy atom. The molecule has 1 amide bonds. The number of nitrogens with zero attached hydrogens (tertiary/aromatic N) is 1. The zero-order valence-electron chi connectivity index (χ0n) is 9.02. The van der Waals surface area contributed by atoms with Crippen LogP contribution in [0.1, 0.15) is 0 Å². The summed E-state index contributed by atoms with van der Waals surface area (Å²) in [5.41, 5.74) is 0. The molecule has 1 N–H and O–H groups in total. The van der Waals surface area contributed by atoms with Crippen molar-refractivity contribution in [3.8, 4) is 5.75 Å². The first-order valence-electron chi connectivity index (χ1n) is 4.92. The number of anilines is 1. The van der Waals surface area contributed by atoms with Crippen LogP contribution in [0.2, 0.25) is 0 Å². The van der Waals surface area contributed by atoms with E-state index in [4.69, 9.17) is 4.74 Å². The van der Waals surface area contributed by atoms with Crippen LogP contribution < -0.4 is 10.1 Å². The molecule has 2 aromatic rings. The van der Waals surface area contributed by atoms with Crippen LogP contribution in [-0.4, -0.2) is 17.5 Å². The van der Waals surface area contributed by atoms with Crippen molar-refractivity contribution in [2.24, 2.45) is 0 Å². The van der Waals surface area contributed by atoms with Crippen LogP contribution in [-0.2, 0) is 4.79 Å². The summed E-state index contributed by atoms with van der Waals surface area (Å²) in [4.78, 5) is 15.4. The van der Waals surface area contributed by atoms with E-state index in [0.717, 1.165) is 0 Å². The van der Waals surface area contributed by atoms with Crippen molar-refractivity contribution < 1.29 is 13.9 Å². The topological polar surface area (TPSA) is 51.2 Å². The quantitative estimate of drug-likeness (QED) is 0.937. The lowest BCUT2D eigenvalue weighted by Gasteiger charge is -2.06. The third-order valence-corrected chi connectivity index (χ3v) is 3.11. The van der Waals surface area contributed by atoms with Crippen LogP contribution in [0.4, 0.5) is 9.52 Å². The first-order valence-corrected chi connectivity index (χ1v) is 6.59. The van der Waals surface area contributed by atoms with Gasteiger partial charge in [-0.2, -0.15) is 0 Å². The number of benzene rings is 1. The zero-order chi connectivity index (χ0) is 13.0. The minimum atomic E-state index is -0.522. The molecule has 4 nitrogen and oxygen atoms in total. The van der Waals surface area contributed by atoms with Gasteiger partial charge in [0, 0.05) is 16.0 Å². The number of amides is 1. The monoisotopic (exact) mass is 330 g/mol. The summed E-state index contributed by atoms with van der Waals surface area (Å²) in [5, 5.41) is 4.76. The number of aromatic nitrogens is 1. The predicted molar refractivity (Wildman–Crippen MR) is 70.3 cm³/mol. The van der Waals surface area contributed by atoms with Gasteiger partial charge in [0.15, 0.2) is 23.3 Å². The fraction of sp³-hybridized carbons (Fsp3) is 0.0909. The highest BCUT2D eigenvalue weighted by molar-refractivity contribution is 9.10. The summed E-state index contributed by atoms with van der Waals surface area (Å²) in [7, 11) is 0. The van der Waals surface area contributed by atoms with E-state index in [1.807, 2.05) is 0 Å². The smallest absolute Gasteiger partial charge is 0.264 e. The number of hydrogen-bond acceptors (Lipinski definition) is 4. The molecule has 0 saturated heterocycles. The standard InChI is InChI=1S/C11H8BrFN2O2S/c12-7-1-2-9(8(13)5-7)17-6-10(16)15-11-14-3-4-18-11/h1-5H,6H2,(H,14,15,16). The Bertz CT molecular complexity index is 548. The maximum absolute atomic E-state index is 13.4. The van der Waals surface area contributed by atoms with Gasteiger partial charge in [-0.3, -0.25) is 10.1 Å². The fourth-order valence-corrected chi connectivity index (χ4v) is 2.05. The molecule has 1 aromatic heterocycles. The third kappa shape index (κ3) is 3.51. The van der Waals surface area contributed by atoms with E-state index in [-0.39, 0.29) is 18.3 Å². The van der Waals surface area contributed by atoms with Crippen LogP contribution in [0.3, 0.4) is 0 Å². The van der Waals surface area contributed by atoms with Crippen LogP contribution in [0.5, 0.6) is 5.75 Å². The number of hydrogen-bond donors (Lipinski definition) is 1. The van der Waals surface area contributed by atoms with Gasteiger partial charge in [0.05, 0.1) is 0 Å². The molecule has 0 aliphatic heterocycles. The molecule has 0 fully saturated rings. The van der Waals surface area contributed by atoms with Gasteiger partial charge in [-0.05, 0) is 18.2 Å². The largest absolute Gasteiger partial charge is 0.481 e. The van der Waals surface area contributed by atoms with Crippen molar-refractivity contribution in [1.29, 1.82) is 0 Å². The highest BCUT2D eigenvalue weighted by Gasteiger charge is 2.08. The number of thiazole rings is 1. The van der Waals surface area contributed by atoms with Crippen molar-refractivity contribution in [3.05, 3.63) is 40.1 Å². The van der Waals surface area contributed by atoms with Gasteiger partial charge in [0.1, 0.15) is 0 Å². The molecule has 0 spiro atoms. The van der Waals surface area contributed by atoms with E-state index in [9.17, 15) is 9.18 Å². The van der Waals surface area contributed by atoms with Crippen molar-refractivity contribution in [3.63, 3.8) is 0 Å². The minimum Gasteiger partial charge on any atom is -0.481 e. The molecule has 0 atom stereocenters. The zero-order valence-corrected chi connectivity index (χ0v) is 11.4. The highest BCUT2D eigenvalue weighted by atomic mass is 79.9. The Labute approximate surface area is 115 Å². The first-order chi connectivity index (χ1) is 8.65. The maximum atomic E-state index is 13.4. The molecule has 94 valence electrons. The maximum Gasteiger partial charge on any atom is 0.264 e. The molecule has 2 rings (SSSR count). The molecular weight excluding hydrogens is 323 g/mol. The Balaban J connectivity index is 1.89. The lowest BCUT2D eigenvalue weighted by atomic mass is 10.3. The normalized spacial score (nSPS) is 10.1. The first kappa shape index (κ1) is 13.0. The second kappa shape index (κ2) is 5.92. The van der Waals surface area contributed by atoms with E-state index < -0.39 is 5.82 Å². The number of carbonyl (C=O) groups excluding carboxylic acids is 1. The van der Waals surface area contributed by atoms with Gasteiger partial charge in [-0.1, -0.05) is 15.9 Å². The second-order valence-electron chi connectivity index (χ2n) is 3.25. The van der Waals surface area contributed by atoms with Crippen molar-refractivity contribution >= 4 is 38.3 Å². The molecule has 1 heterocycles. The summed E-state index contributed by atoms with van der Waals surface area (Å²) >= 11 is 4.43. The van der Waals surface area contributed by atoms with Crippen LogP contribution in [0.15, 0.2) is 34.2 Å². The lowest BCUT2D eigenvalue weighted by molar-refractivity contribution is -0.118. The lowest BCUT2D eigenvalue weighted by Crippen LogP contribution is -2.20. The molecular formula is C11H8BrFN2O2S. The van der Waals surface area contributed by atoms with E-state index in [1.165, 1.54) is 23.5 Å². The number of carbonyl (C=O) groups is 1. The summed E-state index contributed by atoms with van der Waals surface area (Å²) in [6.45, 7) is -0.266. The van der Waals surface area contributed by atoms with Crippen LogP contribution in [0, 0.1) is 5.82 Å². The highest BCUT2D eigenvalue weighted by Crippen LogP contribution is 2.21. The van der Waals surface area contributed by atoms with Gasteiger partial charge < -0.3 is 4.74 Å². The summed E-state index contributed by atoms with van der Waals surface area (Å²) < 4.78 is 19.1. The summed E-state index contributed by atoms with van der Waals surface area (Å²) in [6, 6.07) is 4.36. The van der Waals surface area contributed by atoms with Gasteiger partial charge in [0.2, 0.25) is 0 Å². The van der Waals surface area contributed by atoms with Crippen molar-refractivity contribution in [2.75, 3.05) is 11.9 Å². The molecule has 18 heavy (non-hydrogen) atoms. The fourth-order valence-electron chi connectivity index (χ4n) is 1.18. The SMILES string of the molecule is O=C(COc1ccc(Br)cc1F)Nc1nccs1. The Morgan fingerprint density at radius 2 is 2.39 bits per heavy atom. The molecule has 7 heteroatoms.